The maximum Gasteiger partial charge on any atom is 0.407 e. The van der Waals surface area contributed by atoms with Crippen LogP contribution in [0.5, 0.6) is 0 Å². The Kier molecular flexibility index (Phi) is 5.16. The van der Waals surface area contributed by atoms with Crippen molar-refractivity contribution in [2.24, 2.45) is 5.41 Å². The monoisotopic (exact) mass is 283 g/mol. The topological polar surface area (TPSA) is 72.5 Å². The Morgan fingerprint density at radius 3 is 2.06 bits per heavy atom. The molecule has 0 aliphatic carbocycles. The highest BCUT2D eigenvalue weighted by Gasteiger charge is 2.33. The van der Waals surface area contributed by atoms with Crippen LogP contribution in [-0.4, -0.2) is 31.9 Å². The fourth-order valence-electron chi connectivity index (χ4n) is 1.25. The minimum atomic E-state index is -4.59. The second-order valence-electron chi connectivity index (χ2n) is 6.04. The Balaban J connectivity index is 4.57. The molecule has 0 spiro atoms. The molecular weight excluding hydrogens is 261 g/mol. The van der Waals surface area contributed by atoms with Gasteiger partial charge < -0.3 is 10.1 Å². The van der Waals surface area contributed by atoms with E-state index in [-0.39, 0.29) is 0 Å². The zero-order valence-electron chi connectivity index (χ0n) is 11.7. The number of alkyl carbamates (subject to hydrolysis) is 1. The molecule has 0 rings (SSSR count). The smallest absolute Gasteiger partial charge is 0.407 e. The maximum absolute atomic E-state index is 12.7. The van der Waals surface area contributed by atoms with Gasteiger partial charge in [-0.25, -0.2) is 4.79 Å². The number of carbonyl (C=O) groups is 1. The molecule has 0 aliphatic rings. The SMILES string of the molecule is CC(NC(=O)OC(C)(C)C)C(C)(C)CS(=O)(=O)F. The summed E-state index contributed by atoms with van der Waals surface area (Å²) in [4.78, 5) is 11.5. The predicted octanol–water partition coefficient (Wildman–Crippen LogP) is 2.23. The fourth-order valence-corrected chi connectivity index (χ4v) is 2.39. The fraction of sp³-hybridized carbons (Fsp3) is 0.909. The van der Waals surface area contributed by atoms with Crippen molar-refractivity contribution in [2.75, 3.05) is 5.75 Å². The largest absolute Gasteiger partial charge is 0.444 e. The van der Waals surface area contributed by atoms with Gasteiger partial charge in [0.1, 0.15) is 5.60 Å². The van der Waals surface area contributed by atoms with Gasteiger partial charge in [0.15, 0.2) is 0 Å². The summed E-state index contributed by atoms with van der Waals surface area (Å²) < 4.78 is 39.0. The van der Waals surface area contributed by atoms with Gasteiger partial charge in [0.25, 0.3) is 0 Å². The van der Waals surface area contributed by atoms with Gasteiger partial charge in [0.05, 0.1) is 5.75 Å². The summed E-state index contributed by atoms with van der Waals surface area (Å²) in [5.41, 5.74) is -1.56. The lowest BCUT2D eigenvalue weighted by atomic mass is 9.88. The molecule has 0 aromatic rings. The number of nitrogens with one attached hydrogen (secondary N) is 1. The van der Waals surface area contributed by atoms with Crippen LogP contribution in [0.2, 0.25) is 0 Å². The third kappa shape index (κ3) is 7.47. The maximum atomic E-state index is 12.7. The van der Waals surface area contributed by atoms with Crippen molar-refractivity contribution in [3.63, 3.8) is 0 Å². The summed E-state index contributed by atoms with van der Waals surface area (Å²) in [6, 6.07) is -0.544. The van der Waals surface area contributed by atoms with Crippen molar-refractivity contribution in [2.45, 2.75) is 53.2 Å². The summed E-state index contributed by atoms with van der Waals surface area (Å²) in [6.07, 6.45) is -0.653. The summed E-state index contributed by atoms with van der Waals surface area (Å²) in [7, 11) is -4.59. The molecule has 0 saturated heterocycles. The van der Waals surface area contributed by atoms with Gasteiger partial charge in [-0.1, -0.05) is 13.8 Å². The minimum Gasteiger partial charge on any atom is -0.444 e. The van der Waals surface area contributed by atoms with Crippen molar-refractivity contribution < 1.29 is 21.8 Å². The molecule has 0 aromatic heterocycles. The summed E-state index contributed by atoms with van der Waals surface area (Å²) in [5, 5.41) is 2.51. The highest BCUT2D eigenvalue weighted by molar-refractivity contribution is 7.86. The third-order valence-electron chi connectivity index (χ3n) is 2.45. The normalized spacial score (nSPS) is 15.1. The van der Waals surface area contributed by atoms with Crippen LogP contribution in [0.25, 0.3) is 0 Å². The van der Waals surface area contributed by atoms with Crippen LogP contribution in [-0.2, 0) is 15.0 Å². The second kappa shape index (κ2) is 5.42. The van der Waals surface area contributed by atoms with Gasteiger partial charge in [0, 0.05) is 11.5 Å². The number of amides is 1. The van der Waals surface area contributed by atoms with Crippen molar-refractivity contribution >= 4 is 16.3 Å². The molecule has 0 aromatic carbocycles. The predicted molar refractivity (Wildman–Crippen MR) is 67.5 cm³/mol. The van der Waals surface area contributed by atoms with E-state index < -0.39 is 39.1 Å². The van der Waals surface area contributed by atoms with Crippen LogP contribution in [0.4, 0.5) is 8.68 Å². The van der Waals surface area contributed by atoms with E-state index in [1.807, 2.05) is 0 Å². The average Bonchev–Trinajstić information content (AvgIpc) is 1.93. The van der Waals surface area contributed by atoms with Crippen LogP contribution >= 0.6 is 0 Å². The molecule has 0 fully saturated rings. The first kappa shape index (κ1) is 17.2. The molecule has 1 N–H and O–H groups in total. The van der Waals surface area contributed by atoms with E-state index in [9.17, 15) is 17.1 Å². The summed E-state index contributed by atoms with van der Waals surface area (Å²) in [5.74, 6) is -0.656. The molecule has 1 amide bonds. The van der Waals surface area contributed by atoms with Crippen LogP contribution in [0.15, 0.2) is 0 Å². The molecule has 1 unspecified atom stereocenters. The first-order chi connectivity index (χ1) is 7.73. The molecule has 18 heavy (non-hydrogen) atoms. The van der Waals surface area contributed by atoms with Crippen LogP contribution in [0.3, 0.4) is 0 Å². The van der Waals surface area contributed by atoms with E-state index >= 15 is 0 Å². The quantitative estimate of drug-likeness (QED) is 0.803. The first-order valence-electron chi connectivity index (χ1n) is 5.65. The molecule has 0 saturated carbocycles. The zero-order chi connectivity index (χ0) is 14.8. The lowest BCUT2D eigenvalue weighted by Gasteiger charge is -2.31. The summed E-state index contributed by atoms with van der Waals surface area (Å²) in [6.45, 7) is 9.88. The molecule has 5 nitrogen and oxygen atoms in total. The third-order valence-corrected chi connectivity index (χ3v) is 3.54. The highest BCUT2D eigenvalue weighted by Crippen LogP contribution is 2.24. The molecule has 108 valence electrons. The number of hydrogen-bond donors (Lipinski definition) is 1. The number of rotatable bonds is 4. The van der Waals surface area contributed by atoms with E-state index in [4.69, 9.17) is 4.74 Å². The molecule has 0 aliphatic heterocycles. The van der Waals surface area contributed by atoms with E-state index in [1.54, 1.807) is 41.5 Å². The lowest BCUT2D eigenvalue weighted by molar-refractivity contribution is 0.0473. The van der Waals surface area contributed by atoms with Gasteiger partial charge in [-0.15, -0.1) is 3.89 Å². The van der Waals surface area contributed by atoms with E-state index in [2.05, 4.69) is 5.32 Å². The van der Waals surface area contributed by atoms with Crippen LogP contribution in [0, 0.1) is 5.41 Å². The van der Waals surface area contributed by atoms with Crippen LogP contribution in [0.1, 0.15) is 41.5 Å². The van der Waals surface area contributed by atoms with Gasteiger partial charge in [-0.2, -0.15) is 8.42 Å². The van der Waals surface area contributed by atoms with E-state index in [0.717, 1.165) is 0 Å². The Morgan fingerprint density at radius 2 is 1.72 bits per heavy atom. The number of carbonyl (C=O) groups excluding carboxylic acids is 1. The van der Waals surface area contributed by atoms with E-state index in [1.165, 1.54) is 0 Å². The molecule has 7 heteroatoms. The number of hydrogen-bond acceptors (Lipinski definition) is 4. The molecule has 0 heterocycles. The van der Waals surface area contributed by atoms with Crippen molar-refractivity contribution in [3.8, 4) is 0 Å². The zero-order valence-corrected chi connectivity index (χ0v) is 12.5. The average molecular weight is 283 g/mol. The van der Waals surface area contributed by atoms with Gasteiger partial charge in [-0.3, -0.25) is 0 Å². The molecule has 0 radical (unpaired) electrons. The Bertz CT molecular complexity index is 398. The van der Waals surface area contributed by atoms with Gasteiger partial charge in [0.2, 0.25) is 0 Å². The highest BCUT2D eigenvalue weighted by atomic mass is 32.3. The van der Waals surface area contributed by atoms with Crippen molar-refractivity contribution in [1.29, 1.82) is 0 Å². The standard InChI is InChI=1S/C11H22FNO4S/c1-8(11(5,6)7-18(12,15)16)13-9(14)17-10(2,3)4/h8H,7H2,1-6H3,(H,13,14). The Hall–Kier alpha value is -0.850. The van der Waals surface area contributed by atoms with Crippen LogP contribution < -0.4 is 5.32 Å². The first-order valence-corrected chi connectivity index (χ1v) is 7.20. The summed E-state index contributed by atoms with van der Waals surface area (Å²) >= 11 is 0. The molecule has 1 atom stereocenters. The second-order valence-corrected chi connectivity index (χ2v) is 7.41. The van der Waals surface area contributed by atoms with Gasteiger partial charge >= 0.3 is 16.3 Å². The Morgan fingerprint density at radius 1 is 1.28 bits per heavy atom. The lowest BCUT2D eigenvalue weighted by Crippen LogP contribution is -2.47. The minimum absolute atomic E-state index is 0.544. The number of halogens is 1. The Labute approximate surface area is 108 Å². The van der Waals surface area contributed by atoms with Crippen molar-refractivity contribution in [3.05, 3.63) is 0 Å². The molecular formula is C11H22FNO4S. The van der Waals surface area contributed by atoms with Gasteiger partial charge in [-0.05, 0) is 27.7 Å². The van der Waals surface area contributed by atoms with E-state index in [0.29, 0.717) is 0 Å². The van der Waals surface area contributed by atoms with Crippen molar-refractivity contribution in [1.82, 2.24) is 5.32 Å². The molecule has 0 bridgehead atoms. The number of ether oxygens (including phenoxy) is 1.